The van der Waals surface area contributed by atoms with E-state index >= 15 is 0 Å². The van der Waals surface area contributed by atoms with Crippen LogP contribution in [0, 0.1) is 0 Å². The summed E-state index contributed by atoms with van der Waals surface area (Å²) in [6.07, 6.45) is 2.54. The van der Waals surface area contributed by atoms with Crippen LogP contribution in [0.15, 0.2) is 36.7 Å². The Labute approximate surface area is 144 Å². The molecule has 0 radical (unpaired) electrons. The molecule has 3 heterocycles. The van der Waals surface area contributed by atoms with E-state index in [4.69, 9.17) is 9.47 Å². The van der Waals surface area contributed by atoms with E-state index in [0.717, 1.165) is 38.8 Å². The number of hydrogen-bond donors (Lipinski definition) is 1. The molecular weight excluding hydrogens is 322 g/mol. The third-order valence-corrected chi connectivity index (χ3v) is 5.31. The van der Waals surface area contributed by atoms with E-state index < -0.39 is 0 Å². The van der Waals surface area contributed by atoms with Crippen molar-refractivity contribution in [3.05, 3.63) is 41.5 Å². The van der Waals surface area contributed by atoms with Crippen LogP contribution in [0.2, 0.25) is 0 Å². The molecule has 24 heavy (non-hydrogen) atoms. The summed E-state index contributed by atoms with van der Waals surface area (Å²) >= 11 is 1.63. The fourth-order valence-electron chi connectivity index (χ4n) is 2.64. The van der Waals surface area contributed by atoms with Crippen LogP contribution < -0.4 is 14.8 Å². The van der Waals surface area contributed by atoms with Gasteiger partial charge in [-0.15, -0.1) is 11.3 Å². The molecule has 4 rings (SSSR count). The van der Waals surface area contributed by atoms with Crippen LogP contribution in [0.3, 0.4) is 0 Å². The Bertz CT molecular complexity index is 864. The zero-order valence-corrected chi connectivity index (χ0v) is 14.5. The number of benzene rings is 1. The number of ether oxygens (including phenoxy) is 2. The van der Waals surface area contributed by atoms with Crippen LogP contribution in [-0.2, 0) is 0 Å². The average Bonchev–Trinajstić information content (AvgIpc) is 3.06. The Morgan fingerprint density at radius 3 is 2.96 bits per heavy atom. The van der Waals surface area contributed by atoms with Crippen molar-refractivity contribution in [2.24, 2.45) is 0 Å². The highest BCUT2D eigenvalue weighted by molar-refractivity contribution is 7.18. The van der Waals surface area contributed by atoms with Crippen molar-refractivity contribution < 1.29 is 9.47 Å². The van der Waals surface area contributed by atoms with Gasteiger partial charge in [-0.25, -0.2) is 9.97 Å². The molecule has 1 aromatic carbocycles. The third-order valence-electron chi connectivity index (χ3n) is 4.17. The molecule has 0 aliphatic carbocycles. The first kappa shape index (κ1) is 15.2. The van der Waals surface area contributed by atoms with Gasteiger partial charge in [-0.3, -0.25) is 0 Å². The SMILES string of the molecule is CC[C@H](C)Nc1ncnc2sc([C@H]3COc4ccccc4O3)cc12. The normalized spacial score (nSPS) is 17.7. The zero-order valence-electron chi connectivity index (χ0n) is 13.7. The molecule has 0 unspecified atom stereocenters. The summed E-state index contributed by atoms with van der Waals surface area (Å²) in [5, 5.41) is 4.49. The van der Waals surface area contributed by atoms with Gasteiger partial charge < -0.3 is 14.8 Å². The van der Waals surface area contributed by atoms with E-state index in [-0.39, 0.29) is 6.10 Å². The molecule has 3 aromatic rings. The predicted molar refractivity (Wildman–Crippen MR) is 96.1 cm³/mol. The van der Waals surface area contributed by atoms with E-state index in [9.17, 15) is 0 Å². The summed E-state index contributed by atoms with van der Waals surface area (Å²) in [4.78, 5) is 10.9. The second-order valence-corrected chi connectivity index (χ2v) is 6.97. The van der Waals surface area contributed by atoms with E-state index in [0.29, 0.717) is 12.6 Å². The molecule has 0 saturated carbocycles. The number of para-hydroxylation sites is 2. The standard InChI is InChI=1S/C18H19N3O2S/c1-3-11(2)21-17-12-8-16(24-18(12)20-10-19-17)15-9-22-13-6-4-5-7-14(13)23-15/h4-8,10-11,15H,3,9H2,1-2H3,(H,19,20,21)/t11-,15+/m0/s1. The minimum absolute atomic E-state index is 0.115. The quantitative estimate of drug-likeness (QED) is 0.761. The van der Waals surface area contributed by atoms with Crippen molar-refractivity contribution in [1.82, 2.24) is 9.97 Å². The zero-order chi connectivity index (χ0) is 16.5. The van der Waals surface area contributed by atoms with Crippen LogP contribution in [-0.4, -0.2) is 22.6 Å². The maximum Gasteiger partial charge on any atom is 0.167 e. The molecular formula is C18H19N3O2S. The molecule has 5 nitrogen and oxygen atoms in total. The molecule has 2 aromatic heterocycles. The van der Waals surface area contributed by atoms with Gasteiger partial charge >= 0.3 is 0 Å². The fourth-order valence-corrected chi connectivity index (χ4v) is 3.66. The van der Waals surface area contributed by atoms with Crippen molar-refractivity contribution in [3.63, 3.8) is 0 Å². The van der Waals surface area contributed by atoms with Crippen molar-refractivity contribution in [3.8, 4) is 11.5 Å². The molecule has 0 spiro atoms. The smallest absolute Gasteiger partial charge is 0.167 e. The number of nitrogens with zero attached hydrogens (tertiary/aromatic N) is 2. The van der Waals surface area contributed by atoms with Crippen LogP contribution in [0.25, 0.3) is 10.2 Å². The van der Waals surface area contributed by atoms with Crippen molar-refractivity contribution >= 4 is 27.4 Å². The second-order valence-electron chi connectivity index (χ2n) is 5.91. The van der Waals surface area contributed by atoms with Gasteiger partial charge in [0.25, 0.3) is 0 Å². The number of aromatic nitrogens is 2. The lowest BCUT2D eigenvalue weighted by atomic mass is 10.2. The monoisotopic (exact) mass is 341 g/mol. The number of thiophene rings is 1. The summed E-state index contributed by atoms with van der Waals surface area (Å²) in [6.45, 7) is 4.81. The molecule has 1 aliphatic rings. The average molecular weight is 341 g/mol. The van der Waals surface area contributed by atoms with E-state index in [1.807, 2.05) is 24.3 Å². The van der Waals surface area contributed by atoms with E-state index in [1.54, 1.807) is 17.7 Å². The number of fused-ring (bicyclic) bond motifs is 2. The highest BCUT2D eigenvalue weighted by atomic mass is 32.1. The van der Waals surface area contributed by atoms with Gasteiger partial charge in [-0.05, 0) is 31.5 Å². The van der Waals surface area contributed by atoms with Crippen LogP contribution in [0.4, 0.5) is 5.82 Å². The minimum Gasteiger partial charge on any atom is -0.485 e. The number of anilines is 1. The molecule has 0 fully saturated rings. The molecule has 1 N–H and O–H groups in total. The number of hydrogen-bond acceptors (Lipinski definition) is 6. The summed E-state index contributed by atoms with van der Waals surface area (Å²) in [7, 11) is 0. The number of rotatable bonds is 4. The molecule has 124 valence electrons. The lowest BCUT2D eigenvalue weighted by Gasteiger charge is -2.25. The van der Waals surface area contributed by atoms with E-state index in [1.165, 1.54) is 0 Å². The fraction of sp³-hybridized carbons (Fsp3) is 0.333. The Hall–Kier alpha value is -2.34. The molecule has 6 heteroatoms. The molecule has 0 amide bonds. The van der Waals surface area contributed by atoms with Gasteiger partial charge in [0.1, 0.15) is 23.6 Å². The van der Waals surface area contributed by atoms with Crippen LogP contribution in [0.1, 0.15) is 31.2 Å². The predicted octanol–water partition coefficient (Wildman–Crippen LogP) is 4.41. The first-order valence-electron chi connectivity index (χ1n) is 8.14. The lowest BCUT2D eigenvalue weighted by Crippen LogP contribution is -2.20. The highest BCUT2D eigenvalue weighted by Crippen LogP contribution is 2.39. The van der Waals surface area contributed by atoms with Crippen LogP contribution >= 0.6 is 11.3 Å². The maximum atomic E-state index is 6.11. The summed E-state index contributed by atoms with van der Waals surface area (Å²) in [5.41, 5.74) is 0. The van der Waals surface area contributed by atoms with Gasteiger partial charge in [0.05, 0.1) is 10.3 Å². The first-order chi connectivity index (χ1) is 11.7. The van der Waals surface area contributed by atoms with Gasteiger partial charge in [0, 0.05) is 6.04 Å². The Balaban J connectivity index is 1.65. The Morgan fingerprint density at radius 2 is 2.12 bits per heavy atom. The molecule has 0 bridgehead atoms. The highest BCUT2D eigenvalue weighted by Gasteiger charge is 2.25. The minimum atomic E-state index is -0.115. The van der Waals surface area contributed by atoms with Gasteiger partial charge in [-0.1, -0.05) is 19.1 Å². The van der Waals surface area contributed by atoms with Gasteiger partial charge in [0.2, 0.25) is 0 Å². The lowest BCUT2D eigenvalue weighted by molar-refractivity contribution is 0.0938. The third kappa shape index (κ3) is 2.78. The van der Waals surface area contributed by atoms with Crippen LogP contribution in [0.5, 0.6) is 11.5 Å². The second kappa shape index (κ2) is 6.28. The van der Waals surface area contributed by atoms with Crippen molar-refractivity contribution in [2.75, 3.05) is 11.9 Å². The van der Waals surface area contributed by atoms with Crippen molar-refractivity contribution in [2.45, 2.75) is 32.4 Å². The maximum absolute atomic E-state index is 6.11. The van der Waals surface area contributed by atoms with Gasteiger partial charge in [-0.2, -0.15) is 0 Å². The topological polar surface area (TPSA) is 56.3 Å². The van der Waals surface area contributed by atoms with Crippen molar-refractivity contribution in [1.29, 1.82) is 0 Å². The summed E-state index contributed by atoms with van der Waals surface area (Å²) < 4.78 is 11.9. The summed E-state index contributed by atoms with van der Waals surface area (Å²) in [6, 6.07) is 10.2. The Kier molecular flexibility index (Phi) is 3.98. The molecule has 1 aliphatic heterocycles. The Morgan fingerprint density at radius 1 is 1.29 bits per heavy atom. The number of nitrogens with one attached hydrogen (secondary N) is 1. The van der Waals surface area contributed by atoms with E-state index in [2.05, 4.69) is 35.2 Å². The molecule has 0 saturated heterocycles. The summed E-state index contributed by atoms with van der Waals surface area (Å²) in [5.74, 6) is 2.47. The largest absolute Gasteiger partial charge is 0.485 e. The first-order valence-corrected chi connectivity index (χ1v) is 8.95. The molecule has 2 atom stereocenters. The van der Waals surface area contributed by atoms with Gasteiger partial charge in [0.15, 0.2) is 17.6 Å².